The summed E-state index contributed by atoms with van der Waals surface area (Å²) in [7, 11) is 0. The molecule has 0 saturated carbocycles. The first kappa shape index (κ1) is 12.7. The normalized spacial score (nSPS) is 16.8. The van der Waals surface area contributed by atoms with E-state index in [1.54, 1.807) is 11.3 Å². The number of hydrogen-bond acceptors (Lipinski definition) is 5. The van der Waals surface area contributed by atoms with Gasteiger partial charge in [-0.25, -0.2) is 4.98 Å². The molecule has 2 heterocycles. The van der Waals surface area contributed by atoms with Crippen LogP contribution in [0.5, 0.6) is 0 Å². The first-order chi connectivity index (χ1) is 9.31. The molecule has 0 spiro atoms. The van der Waals surface area contributed by atoms with Gasteiger partial charge in [0.25, 0.3) is 0 Å². The number of nitrogens with one attached hydrogen (secondary N) is 1. The van der Waals surface area contributed by atoms with Crippen LogP contribution in [0.15, 0.2) is 18.2 Å². The number of benzene rings is 1. The summed E-state index contributed by atoms with van der Waals surface area (Å²) in [5, 5.41) is 4.42. The molecule has 4 nitrogen and oxygen atoms in total. The van der Waals surface area contributed by atoms with E-state index in [0.29, 0.717) is 0 Å². The maximum atomic E-state index is 5.78. The lowest BCUT2D eigenvalue weighted by atomic mass is 10.1. The van der Waals surface area contributed by atoms with E-state index in [4.69, 9.17) is 5.73 Å². The van der Waals surface area contributed by atoms with Crippen LogP contribution < -0.4 is 11.1 Å². The summed E-state index contributed by atoms with van der Waals surface area (Å²) in [6, 6.07) is 5.87. The van der Waals surface area contributed by atoms with Gasteiger partial charge in [-0.3, -0.25) is 0 Å². The zero-order valence-electron chi connectivity index (χ0n) is 11.1. The summed E-state index contributed by atoms with van der Waals surface area (Å²) in [4.78, 5) is 7.10. The van der Waals surface area contributed by atoms with Crippen LogP contribution in [0, 0.1) is 0 Å². The SMILES string of the molecule is Nc1ccc2nc(NCCN3CCCCC3)sc2c1. The molecular formula is C14H20N4S. The van der Waals surface area contributed by atoms with Gasteiger partial charge in [-0.2, -0.15) is 0 Å². The van der Waals surface area contributed by atoms with E-state index >= 15 is 0 Å². The van der Waals surface area contributed by atoms with Crippen LogP contribution in [0.4, 0.5) is 10.8 Å². The molecule has 3 N–H and O–H groups in total. The average molecular weight is 276 g/mol. The molecule has 1 aromatic carbocycles. The van der Waals surface area contributed by atoms with Crippen molar-refractivity contribution in [1.82, 2.24) is 9.88 Å². The molecule has 5 heteroatoms. The maximum Gasteiger partial charge on any atom is 0.183 e. The number of nitrogens with two attached hydrogens (primary N) is 1. The predicted octanol–water partition coefficient (Wildman–Crippen LogP) is 2.78. The van der Waals surface area contributed by atoms with Crippen LogP contribution in [0.2, 0.25) is 0 Å². The Labute approximate surface area is 117 Å². The number of piperidine rings is 1. The number of fused-ring (bicyclic) bond motifs is 1. The van der Waals surface area contributed by atoms with Crippen molar-refractivity contribution in [1.29, 1.82) is 0 Å². The van der Waals surface area contributed by atoms with Gasteiger partial charge in [0, 0.05) is 18.8 Å². The molecule has 1 aromatic heterocycles. The number of anilines is 2. The second-order valence-electron chi connectivity index (χ2n) is 5.08. The lowest BCUT2D eigenvalue weighted by Gasteiger charge is -2.26. The fourth-order valence-electron chi connectivity index (χ4n) is 2.52. The highest BCUT2D eigenvalue weighted by Gasteiger charge is 2.09. The zero-order chi connectivity index (χ0) is 13.1. The van der Waals surface area contributed by atoms with Crippen molar-refractivity contribution in [3.8, 4) is 0 Å². The van der Waals surface area contributed by atoms with E-state index in [9.17, 15) is 0 Å². The van der Waals surface area contributed by atoms with Crippen molar-refractivity contribution < 1.29 is 0 Å². The number of thiazole rings is 1. The Balaban J connectivity index is 1.56. The minimum absolute atomic E-state index is 0.802. The Bertz CT molecular complexity index is 545. The molecule has 19 heavy (non-hydrogen) atoms. The molecule has 1 aliphatic heterocycles. The molecule has 0 atom stereocenters. The lowest BCUT2D eigenvalue weighted by Crippen LogP contribution is -2.33. The van der Waals surface area contributed by atoms with Gasteiger partial charge in [-0.05, 0) is 44.1 Å². The van der Waals surface area contributed by atoms with Gasteiger partial charge in [0.15, 0.2) is 5.13 Å². The molecule has 102 valence electrons. The van der Waals surface area contributed by atoms with Gasteiger partial charge >= 0.3 is 0 Å². The topological polar surface area (TPSA) is 54.2 Å². The Kier molecular flexibility index (Phi) is 3.84. The van der Waals surface area contributed by atoms with Crippen LogP contribution in [0.1, 0.15) is 19.3 Å². The second kappa shape index (κ2) is 5.75. The molecule has 1 fully saturated rings. The summed E-state index contributed by atoms with van der Waals surface area (Å²) in [6.45, 7) is 4.57. The van der Waals surface area contributed by atoms with Crippen molar-refractivity contribution in [3.63, 3.8) is 0 Å². The van der Waals surface area contributed by atoms with E-state index in [1.807, 2.05) is 18.2 Å². The minimum atomic E-state index is 0.802. The Hall–Kier alpha value is -1.33. The quantitative estimate of drug-likeness (QED) is 0.843. The van der Waals surface area contributed by atoms with Crippen LogP contribution >= 0.6 is 11.3 Å². The van der Waals surface area contributed by atoms with Gasteiger partial charge < -0.3 is 16.0 Å². The van der Waals surface area contributed by atoms with Crippen LogP contribution in [0.25, 0.3) is 10.2 Å². The minimum Gasteiger partial charge on any atom is -0.399 e. The highest BCUT2D eigenvalue weighted by atomic mass is 32.1. The maximum absolute atomic E-state index is 5.78. The molecule has 3 rings (SSSR count). The van der Waals surface area contributed by atoms with Crippen molar-refractivity contribution in [2.75, 3.05) is 37.2 Å². The zero-order valence-corrected chi connectivity index (χ0v) is 11.9. The predicted molar refractivity (Wildman–Crippen MR) is 82.8 cm³/mol. The third-order valence-electron chi connectivity index (χ3n) is 3.57. The third kappa shape index (κ3) is 3.16. The van der Waals surface area contributed by atoms with Gasteiger partial charge in [0.1, 0.15) is 0 Å². The van der Waals surface area contributed by atoms with Crippen LogP contribution in [-0.2, 0) is 0 Å². The molecule has 0 unspecified atom stereocenters. The summed E-state index contributed by atoms with van der Waals surface area (Å²) in [6.07, 6.45) is 4.09. The molecule has 0 radical (unpaired) electrons. The number of hydrogen-bond donors (Lipinski definition) is 2. The largest absolute Gasteiger partial charge is 0.399 e. The van der Waals surface area contributed by atoms with Crippen LogP contribution in [-0.4, -0.2) is 36.1 Å². The van der Waals surface area contributed by atoms with E-state index < -0.39 is 0 Å². The molecule has 0 bridgehead atoms. The second-order valence-corrected chi connectivity index (χ2v) is 6.11. The highest BCUT2D eigenvalue weighted by Crippen LogP contribution is 2.27. The number of nitrogens with zero attached hydrogens (tertiary/aromatic N) is 2. The van der Waals surface area contributed by atoms with E-state index in [1.165, 1.54) is 32.4 Å². The van der Waals surface area contributed by atoms with Crippen molar-refractivity contribution in [2.24, 2.45) is 0 Å². The van der Waals surface area contributed by atoms with Crippen molar-refractivity contribution in [2.45, 2.75) is 19.3 Å². The Morgan fingerprint density at radius 3 is 2.95 bits per heavy atom. The molecule has 1 aliphatic rings. The average Bonchev–Trinajstić information content (AvgIpc) is 2.82. The number of likely N-dealkylation sites (tertiary alicyclic amines) is 1. The smallest absolute Gasteiger partial charge is 0.183 e. The van der Waals surface area contributed by atoms with Gasteiger partial charge in [0.2, 0.25) is 0 Å². The fourth-order valence-corrected chi connectivity index (χ4v) is 3.46. The van der Waals surface area contributed by atoms with Crippen molar-refractivity contribution >= 4 is 32.4 Å². The number of aromatic nitrogens is 1. The third-order valence-corrected chi connectivity index (χ3v) is 4.54. The number of rotatable bonds is 4. The Morgan fingerprint density at radius 2 is 2.11 bits per heavy atom. The summed E-state index contributed by atoms with van der Waals surface area (Å²) in [5.74, 6) is 0. The first-order valence-electron chi connectivity index (χ1n) is 6.93. The summed E-state index contributed by atoms with van der Waals surface area (Å²) >= 11 is 1.68. The fraction of sp³-hybridized carbons (Fsp3) is 0.500. The van der Waals surface area contributed by atoms with Gasteiger partial charge in [-0.15, -0.1) is 0 Å². The first-order valence-corrected chi connectivity index (χ1v) is 7.75. The summed E-state index contributed by atoms with van der Waals surface area (Å²) < 4.78 is 1.15. The molecular weight excluding hydrogens is 256 g/mol. The molecule has 0 aliphatic carbocycles. The van der Waals surface area contributed by atoms with E-state index in [0.717, 1.165) is 34.1 Å². The number of nitrogen functional groups attached to an aromatic ring is 1. The highest BCUT2D eigenvalue weighted by molar-refractivity contribution is 7.22. The van der Waals surface area contributed by atoms with Crippen molar-refractivity contribution in [3.05, 3.63) is 18.2 Å². The van der Waals surface area contributed by atoms with Gasteiger partial charge in [-0.1, -0.05) is 17.8 Å². The summed E-state index contributed by atoms with van der Waals surface area (Å²) in [5.41, 5.74) is 7.61. The van der Waals surface area contributed by atoms with E-state index in [2.05, 4.69) is 15.2 Å². The standard InChI is InChI=1S/C14H20N4S/c15-11-4-5-12-13(10-11)19-14(17-12)16-6-9-18-7-2-1-3-8-18/h4-5,10H,1-3,6-9,15H2,(H,16,17). The monoisotopic (exact) mass is 276 g/mol. The van der Waals surface area contributed by atoms with Gasteiger partial charge in [0.05, 0.1) is 10.2 Å². The Morgan fingerprint density at radius 1 is 1.26 bits per heavy atom. The molecule has 2 aromatic rings. The molecule has 0 amide bonds. The lowest BCUT2D eigenvalue weighted by molar-refractivity contribution is 0.237. The van der Waals surface area contributed by atoms with Crippen LogP contribution in [0.3, 0.4) is 0 Å². The molecule has 1 saturated heterocycles. The van der Waals surface area contributed by atoms with E-state index in [-0.39, 0.29) is 0 Å².